The van der Waals surface area contributed by atoms with Crippen molar-refractivity contribution in [3.8, 4) is 94.1 Å². The monoisotopic (exact) mass is 1300 g/mol. The van der Waals surface area contributed by atoms with Crippen LogP contribution in [0.15, 0.2) is 194 Å². The highest BCUT2D eigenvalue weighted by molar-refractivity contribution is 6.09. The highest BCUT2D eigenvalue weighted by atomic mass is 16.2. The predicted octanol–water partition coefficient (Wildman–Crippen LogP) is 21.2. The number of benzene rings is 8. The summed E-state index contributed by atoms with van der Waals surface area (Å²) >= 11 is 0. The SMILES string of the molecule is C#CC.CC(C)(C)C1C#CCCCCC1.CC(C)(C)C1Cc2ccccc2C#Cc2ccccc21.CC(C)(C)N1C(=O)c2ccccc2C#Cc2ccccc21.CC(C)(C)N1Cc2ccccc2C#Cc2ccccc21.CC(C)(C)n1nnc2c1-c1ccccc1C#Cc1ccccc1-2. The molecule has 1 aromatic heterocycles. The molecule has 8 aromatic carbocycles. The summed E-state index contributed by atoms with van der Waals surface area (Å²) in [6, 6.07) is 65.7. The van der Waals surface area contributed by atoms with E-state index in [-0.39, 0.29) is 27.9 Å². The van der Waals surface area contributed by atoms with Crippen LogP contribution in [-0.2, 0) is 18.5 Å². The van der Waals surface area contributed by atoms with Gasteiger partial charge in [0.05, 0.1) is 28.2 Å². The molecule has 500 valence electrons. The Morgan fingerprint density at radius 2 is 0.879 bits per heavy atom. The molecule has 1 amide bonds. The first-order valence-corrected chi connectivity index (χ1v) is 34.9. The van der Waals surface area contributed by atoms with Crippen molar-refractivity contribution in [3.05, 3.63) is 261 Å². The number of carbonyl (C=O) groups is 1. The number of rotatable bonds is 0. The maximum atomic E-state index is 13.1. The van der Waals surface area contributed by atoms with Crippen molar-refractivity contribution >= 4 is 17.3 Å². The van der Waals surface area contributed by atoms with E-state index in [2.05, 4.69) is 285 Å². The van der Waals surface area contributed by atoms with Crippen molar-refractivity contribution in [2.75, 3.05) is 9.80 Å². The number of aromatic nitrogens is 3. The molecule has 2 aliphatic heterocycles. The topological polar surface area (TPSA) is 54.3 Å². The molecule has 9 aromatic rings. The number of anilines is 2. The maximum absolute atomic E-state index is 13.1. The predicted molar refractivity (Wildman–Crippen MR) is 415 cm³/mol. The van der Waals surface area contributed by atoms with E-state index in [1.54, 1.807) is 6.92 Å². The van der Waals surface area contributed by atoms with E-state index < -0.39 is 0 Å². The van der Waals surface area contributed by atoms with Crippen molar-refractivity contribution in [3.63, 3.8) is 0 Å². The highest BCUT2D eigenvalue weighted by Crippen LogP contribution is 2.42. The van der Waals surface area contributed by atoms with Gasteiger partial charge >= 0.3 is 0 Å². The Bertz CT molecular complexity index is 4610. The number of fused-ring (bicyclic) bond motifs is 11. The molecule has 6 heteroatoms. The van der Waals surface area contributed by atoms with Gasteiger partial charge in [-0.3, -0.25) is 4.79 Å². The zero-order chi connectivity index (χ0) is 71.1. The molecule has 14 rings (SSSR count). The van der Waals surface area contributed by atoms with Crippen LogP contribution in [0, 0.1) is 88.3 Å². The molecule has 0 spiro atoms. The van der Waals surface area contributed by atoms with E-state index in [0.29, 0.717) is 22.8 Å². The summed E-state index contributed by atoms with van der Waals surface area (Å²) in [5.41, 5.74) is 19.3. The molecule has 5 aliphatic rings. The first-order valence-electron chi connectivity index (χ1n) is 34.9. The summed E-state index contributed by atoms with van der Waals surface area (Å²) in [4.78, 5) is 17.3. The molecule has 3 aliphatic carbocycles. The van der Waals surface area contributed by atoms with Crippen molar-refractivity contribution in [1.29, 1.82) is 0 Å². The van der Waals surface area contributed by atoms with Crippen molar-refractivity contribution < 1.29 is 4.79 Å². The fourth-order valence-electron chi connectivity index (χ4n) is 12.7. The van der Waals surface area contributed by atoms with E-state index in [1.807, 2.05) is 109 Å². The summed E-state index contributed by atoms with van der Waals surface area (Å²) in [7, 11) is 0. The van der Waals surface area contributed by atoms with Crippen LogP contribution < -0.4 is 9.80 Å². The Morgan fingerprint density at radius 3 is 1.44 bits per heavy atom. The summed E-state index contributed by atoms with van der Waals surface area (Å²) < 4.78 is 2.00. The minimum Gasteiger partial charge on any atom is -0.361 e. The van der Waals surface area contributed by atoms with E-state index in [9.17, 15) is 4.79 Å². The number of hydrogen-bond acceptors (Lipinski definition) is 4. The second kappa shape index (κ2) is 31.8. The molecular formula is C93H97N5O. The number of hydrogen-bond donors (Lipinski definition) is 0. The first kappa shape index (κ1) is 72.8. The Labute approximate surface area is 593 Å². The number of para-hydroxylation sites is 2. The third kappa shape index (κ3) is 18.4. The molecule has 0 saturated carbocycles. The zero-order valence-corrected chi connectivity index (χ0v) is 61.3. The summed E-state index contributed by atoms with van der Waals surface area (Å²) in [6.07, 6.45) is 12.1. The molecular weight excluding hydrogens is 1200 g/mol. The van der Waals surface area contributed by atoms with Crippen LogP contribution in [0.5, 0.6) is 0 Å². The minimum atomic E-state index is -0.320. The number of nitrogens with zero attached hydrogens (tertiary/aromatic N) is 5. The van der Waals surface area contributed by atoms with Gasteiger partial charge in [-0.05, 0) is 189 Å². The fraction of sp³-hybridized carbons (Fsp3) is 0.323. The van der Waals surface area contributed by atoms with Crippen molar-refractivity contribution in [2.45, 2.75) is 178 Å². The van der Waals surface area contributed by atoms with Gasteiger partial charge in [-0.15, -0.1) is 23.4 Å². The standard InChI is InChI=1S/C20H17N3.C20H20.C19H17NO.C19H19N.C12H20.C3H4/c1-20(2,3)23-19-17-11-7-5-9-15(17)13-12-14-8-4-6-10-16(14)18(19)21-22-23;1-20(2,3)19-14-17-10-5-4-8-15(17)12-13-16-9-6-7-11-18(16)19;1-19(2,3)20-17-11-7-5-9-15(17)13-12-14-8-4-6-10-16(14)18(20)21;1-19(2,3)20-14-17-10-5-4-8-15(17)12-13-16-9-6-7-11-18(16)20;1-12(2,3)11-9-7-5-4-6-8-10-11;1-3-2/h4-11H,1-3H3;4-11,19H,14H2,1-3H3;4-11H,1-3H3;4-11H,14H2,1-3H3;11H,4-7,9H2,1-3H3;1H,2H3. The summed E-state index contributed by atoms with van der Waals surface area (Å²) in [6.45, 7) is 35.7. The molecule has 2 unspecified atom stereocenters. The Hall–Kier alpha value is -10.5. The minimum absolute atomic E-state index is 0.000417. The smallest absolute Gasteiger partial charge is 0.260 e. The summed E-state index contributed by atoms with van der Waals surface area (Å²) in [5, 5.41) is 8.97. The van der Waals surface area contributed by atoms with Gasteiger partial charge in [0.1, 0.15) is 5.69 Å². The average molecular weight is 1300 g/mol. The number of terminal acetylenes is 1. The van der Waals surface area contributed by atoms with E-state index in [4.69, 9.17) is 0 Å². The quantitative estimate of drug-likeness (QED) is 0.142. The van der Waals surface area contributed by atoms with Gasteiger partial charge in [0.25, 0.3) is 5.91 Å². The summed E-state index contributed by atoms with van der Waals surface area (Å²) in [5.74, 6) is 36.4. The van der Waals surface area contributed by atoms with Gasteiger partial charge in [-0.25, -0.2) is 4.68 Å². The van der Waals surface area contributed by atoms with E-state index in [1.165, 1.54) is 59.2 Å². The lowest BCUT2D eigenvalue weighted by Gasteiger charge is -2.39. The van der Waals surface area contributed by atoms with Gasteiger partial charge in [-0.1, -0.05) is 240 Å². The van der Waals surface area contributed by atoms with Crippen LogP contribution in [-0.4, -0.2) is 32.0 Å². The van der Waals surface area contributed by atoms with Crippen LogP contribution in [0.2, 0.25) is 0 Å². The van der Waals surface area contributed by atoms with Gasteiger partial charge in [-0.2, -0.15) is 0 Å². The van der Waals surface area contributed by atoms with Crippen LogP contribution in [0.25, 0.3) is 22.5 Å². The van der Waals surface area contributed by atoms with Gasteiger partial charge in [0.15, 0.2) is 0 Å². The lowest BCUT2D eigenvalue weighted by atomic mass is 9.71. The Kier molecular flexibility index (Phi) is 23.4. The molecule has 0 bridgehead atoms. The first-order chi connectivity index (χ1) is 47.2. The van der Waals surface area contributed by atoms with Crippen LogP contribution in [0.4, 0.5) is 11.4 Å². The molecule has 6 nitrogen and oxygen atoms in total. The molecule has 99 heavy (non-hydrogen) atoms. The Morgan fingerprint density at radius 1 is 0.444 bits per heavy atom. The molecule has 2 atom stereocenters. The highest BCUT2D eigenvalue weighted by Gasteiger charge is 2.34. The van der Waals surface area contributed by atoms with Crippen LogP contribution in [0.1, 0.15) is 220 Å². The fourth-order valence-corrected chi connectivity index (χ4v) is 12.7. The second-order valence-corrected chi connectivity index (χ2v) is 30.8. The zero-order valence-electron chi connectivity index (χ0n) is 61.3. The van der Waals surface area contributed by atoms with E-state index >= 15 is 0 Å². The largest absolute Gasteiger partial charge is 0.361 e. The van der Waals surface area contributed by atoms with Crippen LogP contribution >= 0.6 is 0 Å². The lowest BCUT2D eigenvalue weighted by Crippen LogP contribution is -2.46. The van der Waals surface area contributed by atoms with Gasteiger partial charge < -0.3 is 9.80 Å². The van der Waals surface area contributed by atoms with Crippen molar-refractivity contribution in [2.24, 2.45) is 16.7 Å². The van der Waals surface area contributed by atoms with Crippen molar-refractivity contribution in [1.82, 2.24) is 15.0 Å². The third-order valence-electron chi connectivity index (χ3n) is 18.0. The molecule has 3 heterocycles. The molecule has 0 N–H and O–H groups in total. The number of carbonyl (C=O) groups excluding carboxylic acids is 1. The molecule has 0 radical (unpaired) electrons. The molecule has 0 fully saturated rings. The molecule has 0 saturated heterocycles. The second-order valence-electron chi connectivity index (χ2n) is 30.8. The van der Waals surface area contributed by atoms with Gasteiger partial charge in [0, 0.05) is 85.6 Å². The van der Waals surface area contributed by atoms with Gasteiger partial charge in [0.2, 0.25) is 0 Å². The van der Waals surface area contributed by atoms with E-state index in [0.717, 1.165) is 81.0 Å². The normalized spacial score (nSPS) is 15.0. The average Bonchev–Trinajstić information content (AvgIpc) is 1.68. The third-order valence-corrected chi connectivity index (χ3v) is 18.0. The van der Waals surface area contributed by atoms with Crippen LogP contribution in [0.3, 0.4) is 0 Å². The Balaban J connectivity index is 0.000000145. The lowest BCUT2D eigenvalue weighted by molar-refractivity contribution is 0.0965. The maximum Gasteiger partial charge on any atom is 0.260 e. The number of amides is 1.